The lowest BCUT2D eigenvalue weighted by Gasteiger charge is -2.59. The van der Waals surface area contributed by atoms with Gasteiger partial charge >= 0.3 is 5.97 Å². The molecule has 6 heteroatoms. The average molecular weight is 402 g/mol. The summed E-state index contributed by atoms with van der Waals surface area (Å²) in [6.45, 7) is 7.62. The number of ketones is 1. The van der Waals surface area contributed by atoms with E-state index in [4.69, 9.17) is 9.47 Å². The van der Waals surface area contributed by atoms with Gasteiger partial charge in [-0.1, -0.05) is 25.5 Å². The summed E-state index contributed by atoms with van der Waals surface area (Å²) in [4.78, 5) is 24.5. The average Bonchev–Trinajstić information content (AvgIpc) is 3.02. The molecule has 0 aromatic heterocycles. The number of carbonyl (C=O) groups excluding carboxylic acids is 1. The largest absolute Gasteiger partial charge is 0.479 e. The number of aliphatic hydroxyl groups is 1. The number of ether oxygens (including phenoxy) is 2. The van der Waals surface area contributed by atoms with Gasteiger partial charge in [0.1, 0.15) is 6.10 Å². The molecule has 0 amide bonds. The predicted octanol–water partition coefficient (Wildman–Crippen LogP) is 2.85. The number of fused-ring (bicyclic) bond motifs is 7. The maximum Gasteiger partial charge on any atom is 0.339 e. The zero-order valence-electron chi connectivity index (χ0n) is 17.5. The minimum absolute atomic E-state index is 0.00956. The number of hydrogen-bond acceptors (Lipinski definition) is 5. The number of aliphatic carboxylic acids is 1. The van der Waals surface area contributed by atoms with Crippen LogP contribution in [0.3, 0.4) is 0 Å². The van der Waals surface area contributed by atoms with Gasteiger partial charge in [-0.2, -0.15) is 0 Å². The highest BCUT2D eigenvalue weighted by Gasteiger charge is 2.77. The molecule has 0 bridgehead atoms. The normalized spacial score (nSPS) is 52.2. The molecule has 6 nitrogen and oxygen atoms in total. The van der Waals surface area contributed by atoms with Crippen molar-refractivity contribution in [3.8, 4) is 0 Å². The highest BCUT2D eigenvalue weighted by molar-refractivity contribution is 6.01. The van der Waals surface area contributed by atoms with Crippen molar-refractivity contribution in [1.82, 2.24) is 0 Å². The van der Waals surface area contributed by atoms with Crippen molar-refractivity contribution in [2.75, 3.05) is 0 Å². The maximum absolute atomic E-state index is 12.6. The zero-order chi connectivity index (χ0) is 21.0. The molecule has 5 rings (SSSR count). The SMILES string of the molecule is CC1(C)O[C@@H]2C[C@H]3[C@@H]4CCC5=CC(=O)C=C[C@]5(C)[C@@H]4[C@H](O)C[C@]3(C)[C@]2(C(=O)O)O1. The minimum atomic E-state index is -1.44. The van der Waals surface area contributed by atoms with Gasteiger partial charge in [0.25, 0.3) is 0 Å². The van der Waals surface area contributed by atoms with Crippen molar-refractivity contribution >= 4 is 11.8 Å². The third-order valence-corrected chi connectivity index (χ3v) is 8.81. The van der Waals surface area contributed by atoms with Crippen LogP contribution in [0.5, 0.6) is 0 Å². The molecule has 29 heavy (non-hydrogen) atoms. The summed E-state index contributed by atoms with van der Waals surface area (Å²) in [6, 6.07) is 0. The van der Waals surface area contributed by atoms with Crippen molar-refractivity contribution in [2.24, 2.45) is 28.6 Å². The van der Waals surface area contributed by atoms with Crippen LogP contribution in [0.25, 0.3) is 0 Å². The molecular weight excluding hydrogens is 372 g/mol. The minimum Gasteiger partial charge on any atom is -0.479 e. The molecule has 3 saturated carbocycles. The maximum atomic E-state index is 12.6. The molecule has 0 spiro atoms. The van der Waals surface area contributed by atoms with E-state index < -0.39 is 35.0 Å². The third-order valence-electron chi connectivity index (χ3n) is 8.81. The van der Waals surface area contributed by atoms with E-state index in [0.717, 1.165) is 18.4 Å². The van der Waals surface area contributed by atoms with Crippen LogP contribution in [-0.2, 0) is 19.1 Å². The fourth-order valence-electron chi connectivity index (χ4n) is 7.79. The highest BCUT2D eigenvalue weighted by Crippen LogP contribution is 2.70. The lowest BCUT2D eigenvalue weighted by molar-refractivity contribution is -0.232. The first-order valence-corrected chi connectivity index (χ1v) is 10.7. The molecular formula is C23H30O6. The predicted molar refractivity (Wildman–Crippen MR) is 104 cm³/mol. The van der Waals surface area contributed by atoms with Crippen molar-refractivity contribution in [3.63, 3.8) is 0 Å². The van der Waals surface area contributed by atoms with Crippen molar-refractivity contribution in [2.45, 2.75) is 77.0 Å². The first kappa shape index (κ1) is 19.5. The lowest BCUT2D eigenvalue weighted by atomic mass is 9.46. The van der Waals surface area contributed by atoms with Gasteiger partial charge in [0.2, 0.25) is 0 Å². The van der Waals surface area contributed by atoms with Crippen LogP contribution < -0.4 is 0 Å². The molecule has 2 N–H and O–H groups in total. The smallest absolute Gasteiger partial charge is 0.339 e. The second-order valence-electron chi connectivity index (χ2n) is 10.6. The van der Waals surface area contributed by atoms with Gasteiger partial charge in [0.05, 0.1) is 6.10 Å². The summed E-state index contributed by atoms with van der Waals surface area (Å²) in [5, 5.41) is 21.7. The van der Waals surface area contributed by atoms with E-state index in [0.29, 0.717) is 12.8 Å². The molecule has 4 fully saturated rings. The Kier molecular flexibility index (Phi) is 3.75. The van der Waals surface area contributed by atoms with Gasteiger partial charge in [-0.15, -0.1) is 0 Å². The van der Waals surface area contributed by atoms with Crippen LogP contribution in [0.15, 0.2) is 23.8 Å². The van der Waals surface area contributed by atoms with Gasteiger partial charge in [0.15, 0.2) is 17.2 Å². The molecule has 1 aliphatic heterocycles. The Labute approximate surface area is 170 Å². The van der Waals surface area contributed by atoms with E-state index >= 15 is 0 Å². The molecule has 1 saturated heterocycles. The van der Waals surface area contributed by atoms with Gasteiger partial charge < -0.3 is 19.7 Å². The molecule has 0 unspecified atom stereocenters. The second-order valence-corrected chi connectivity index (χ2v) is 10.6. The zero-order valence-corrected chi connectivity index (χ0v) is 17.5. The van der Waals surface area contributed by atoms with E-state index in [1.807, 2.05) is 13.0 Å². The van der Waals surface area contributed by atoms with E-state index in [9.17, 15) is 19.8 Å². The Morgan fingerprint density at radius 3 is 2.66 bits per heavy atom. The Morgan fingerprint density at radius 1 is 1.24 bits per heavy atom. The number of carboxylic acid groups (broad SMARTS) is 1. The molecule has 0 radical (unpaired) electrons. The lowest BCUT2D eigenvalue weighted by Crippen LogP contribution is -2.63. The standard InChI is InChI=1S/C23H30O6/c1-20(2)28-17-10-15-14-6-5-12-9-13(24)7-8-21(12,3)18(14)16(25)11-22(15,4)23(17,29-20)19(26)27/h7-9,14-18,25H,5-6,10-11H2,1-4H3,(H,26,27)/t14-,15-,16+,17+,18-,21-,22-,23-/m0/s1. The summed E-state index contributed by atoms with van der Waals surface area (Å²) in [5.41, 5.74) is -1.44. The molecule has 0 aromatic carbocycles. The van der Waals surface area contributed by atoms with Crippen molar-refractivity contribution in [1.29, 1.82) is 0 Å². The summed E-state index contributed by atoms with van der Waals surface area (Å²) < 4.78 is 12.3. The molecule has 158 valence electrons. The highest BCUT2D eigenvalue weighted by atomic mass is 16.8. The first-order valence-electron chi connectivity index (χ1n) is 10.7. The third kappa shape index (κ3) is 2.23. The molecule has 8 atom stereocenters. The molecule has 1 heterocycles. The monoisotopic (exact) mass is 402 g/mol. The molecule has 0 aromatic rings. The summed E-state index contributed by atoms with van der Waals surface area (Å²) in [6.07, 6.45) is 6.73. The van der Waals surface area contributed by atoms with Gasteiger partial charge in [-0.05, 0) is 63.5 Å². The van der Waals surface area contributed by atoms with Gasteiger partial charge in [-0.3, -0.25) is 4.79 Å². The van der Waals surface area contributed by atoms with E-state index in [1.165, 1.54) is 0 Å². The van der Waals surface area contributed by atoms with E-state index in [2.05, 4.69) is 6.92 Å². The van der Waals surface area contributed by atoms with Crippen molar-refractivity contribution < 1.29 is 29.3 Å². The fourth-order valence-corrected chi connectivity index (χ4v) is 7.79. The number of allylic oxidation sites excluding steroid dienone is 4. The van der Waals surface area contributed by atoms with Crippen LogP contribution in [0.1, 0.15) is 53.4 Å². The number of carboxylic acids is 1. The number of rotatable bonds is 1. The van der Waals surface area contributed by atoms with Crippen LogP contribution in [-0.4, -0.2) is 45.6 Å². The van der Waals surface area contributed by atoms with Crippen LogP contribution in [0.2, 0.25) is 0 Å². The molecule has 4 aliphatic carbocycles. The summed E-state index contributed by atoms with van der Waals surface area (Å²) in [7, 11) is 0. The van der Waals surface area contributed by atoms with Gasteiger partial charge in [0, 0.05) is 16.7 Å². The topological polar surface area (TPSA) is 93.1 Å². The van der Waals surface area contributed by atoms with Crippen LogP contribution in [0, 0.1) is 28.6 Å². The van der Waals surface area contributed by atoms with Crippen LogP contribution >= 0.6 is 0 Å². The molecule has 5 aliphatic rings. The van der Waals surface area contributed by atoms with Gasteiger partial charge in [-0.25, -0.2) is 4.79 Å². The summed E-state index contributed by atoms with van der Waals surface area (Å²) in [5.74, 6) is -1.74. The Morgan fingerprint density at radius 2 is 1.97 bits per heavy atom. The first-order chi connectivity index (χ1) is 13.4. The quantitative estimate of drug-likeness (QED) is 0.701. The van der Waals surface area contributed by atoms with Crippen LogP contribution in [0.4, 0.5) is 0 Å². The Hall–Kier alpha value is -1.50. The fraction of sp³-hybridized carbons (Fsp3) is 0.739. The number of hydrogen-bond donors (Lipinski definition) is 2. The Balaban J connectivity index is 1.59. The Bertz CT molecular complexity index is 857. The van der Waals surface area contributed by atoms with E-state index in [-0.39, 0.29) is 29.0 Å². The van der Waals surface area contributed by atoms with E-state index in [1.54, 1.807) is 26.0 Å². The number of carbonyl (C=O) groups is 2. The summed E-state index contributed by atoms with van der Waals surface area (Å²) >= 11 is 0. The number of aliphatic hydroxyl groups excluding tert-OH is 1. The second kappa shape index (κ2) is 5.59. The van der Waals surface area contributed by atoms with Crippen molar-refractivity contribution in [3.05, 3.63) is 23.8 Å².